The fraction of sp³-hybridized carbons (Fsp3) is 0.167. The third kappa shape index (κ3) is 5.62. The zero-order valence-corrected chi connectivity index (χ0v) is 21.1. The van der Waals surface area contributed by atoms with Crippen molar-refractivity contribution in [3.63, 3.8) is 0 Å². The van der Waals surface area contributed by atoms with Crippen molar-refractivity contribution >= 4 is 28.6 Å². The van der Waals surface area contributed by atoms with E-state index >= 15 is 0 Å². The summed E-state index contributed by atoms with van der Waals surface area (Å²) in [5, 5.41) is 6.24. The number of anilines is 2. The van der Waals surface area contributed by atoms with Crippen LogP contribution in [0.5, 0.6) is 11.6 Å². The van der Waals surface area contributed by atoms with Gasteiger partial charge in [0.2, 0.25) is 11.8 Å². The van der Waals surface area contributed by atoms with Gasteiger partial charge in [-0.25, -0.2) is 9.97 Å². The Morgan fingerprint density at radius 3 is 2.54 bits per heavy atom. The summed E-state index contributed by atoms with van der Waals surface area (Å²) in [6.45, 7) is 6.92. The number of nitrogens with one attached hydrogen (secondary N) is 3. The Morgan fingerprint density at radius 1 is 0.946 bits per heavy atom. The van der Waals surface area contributed by atoms with Crippen molar-refractivity contribution in [1.29, 1.82) is 0 Å². The summed E-state index contributed by atoms with van der Waals surface area (Å²) >= 11 is 0. The lowest BCUT2D eigenvalue weighted by Crippen LogP contribution is -2.22. The first-order valence-corrected chi connectivity index (χ1v) is 12.2. The van der Waals surface area contributed by atoms with Gasteiger partial charge in [0.1, 0.15) is 11.4 Å². The summed E-state index contributed by atoms with van der Waals surface area (Å²) in [5.41, 5.74) is 4.78. The summed E-state index contributed by atoms with van der Waals surface area (Å²) < 4.78 is 6.26. The zero-order chi connectivity index (χ0) is 25.8. The first-order valence-electron chi connectivity index (χ1n) is 12.2. The Balaban J connectivity index is 1.34. The topological polar surface area (TPSA) is 91.9 Å². The number of nitrogens with zero attached hydrogens (tertiary/aromatic N) is 2. The van der Waals surface area contributed by atoms with E-state index in [1.807, 2.05) is 66.7 Å². The summed E-state index contributed by atoms with van der Waals surface area (Å²) in [7, 11) is 0. The minimum absolute atomic E-state index is 0.0806. The van der Waals surface area contributed by atoms with Crippen LogP contribution in [0, 0.1) is 0 Å². The summed E-state index contributed by atoms with van der Waals surface area (Å²) in [4.78, 5) is 25.0. The van der Waals surface area contributed by atoms with E-state index in [0.29, 0.717) is 29.6 Å². The van der Waals surface area contributed by atoms with E-state index in [4.69, 9.17) is 4.74 Å². The third-order valence-corrected chi connectivity index (χ3v) is 5.97. The highest BCUT2D eigenvalue weighted by Gasteiger charge is 2.20. The first-order chi connectivity index (χ1) is 17.9. The van der Waals surface area contributed by atoms with Crippen LogP contribution in [0.3, 0.4) is 0 Å². The van der Waals surface area contributed by atoms with Crippen LogP contribution in [0.4, 0.5) is 11.6 Å². The van der Waals surface area contributed by atoms with E-state index in [1.54, 1.807) is 18.3 Å². The number of benzene rings is 3. The van der Waals surface area contributed by atoms with Crippen molar-refractivity contribution in [2.45, 2.75) is 32.7 Å². The van der Waals surface area contributed by atoms with Gasteiger partial charge in [0, 0.05) is 23.9 Å². The minimum Gasteiger partial charge on any atom is -0.437 e. The summed E-state index contributed by atoms with van der Waals surface area (Å²) in [6.07, 6.45) is 1.69. The van der Waals surface area contributed by atoms with E-state index in [0.717, 1.165) is 27.9 Å². The van der Waals surface area contributed by atoms with Gasteiger partial charge in [-0.15, -0.1) is 0 Å². The predicted molar refractivity (Wildman–Crippen MR) is 146 cm³/mol. The molecule has 3 aromatic carbocycles. The second-order valence-electron chi connectivity index (χ2n) is 9.81. The molecular weight excluding hydrogens is 462 g/mol. The van der Waals surface area contributed by atoms with Gasteiger partial charge >= 0.3 is 0 Å². The second kappa shape index (κ2) is 10.1. The molecule has 2 heterocycles. The maximum absolute atomic E-state index is 12.7. The number of aromatic nitrogens is 3. The number of carbonyl (C=O) groups is 1. The molecule has 7 heteroatoms. The number of amides is 1. The number of rotatable bonds is 7. The monoisotopic (exact) mass is 491 g/mol. The van der Waals surface area contributed by atoms with Gasteiger partial charge in [-0.1, -0.05) is 69.3 Å². The Morgan fingerprint density at radius 2 is 1.73 bits per heavy atom. The van der Waals surface area contributed by atoms with Gasteiger partial charge in [-0.3, -0.25) is 4.79 Å². The maximum atomic E-state index is 12.7. The zero-order valence-electron chi connectivity index (χ0n) is 21.1. The molecule has 5 rings (SSSR count). The van der Waals surface area contributed by atoms with Crippen molar-refractivity contribution in [2.24, 2.45) is 0 Å². The molecule has 0 aliphatic heterocycles. The SMILES string of the molecule is CC(C)(C)c1ccccc1Oc1ncccc1Nc1nc2ccc(C(=O)NCc3ccccc3)cc2[nH]1. The lowest BCUT2D eigenvalue weighted by Gasteiger charge is -2.22. The Kier molecular flexibility index (Phi) is 6.60. The highest BCUT2D eigenvalue weighted by molar-refractivity contribution is 5.97. The summed E-state index contributed by atoms with van der Waals surface area (Å²) in [5.74, 6) is 1.59. The molecule has 37 heavy (non-hydrogen) atoms. The molecule has 0 unspecified atom stereocenters. The van der Waals surface area contributed by atoms with Crippen LogP contribution < -0.4 is 15.4 Å². The van der Waals surface area contributed by atoms with Crippen molar-refractivity contribution in [3.05, 3.63) is 108 Å². The number of H-pyrrole nitrogens is 1. The van der Waals surface area contributed by atoms with Crippen molar-refractivity contribution in [2.75, 3.05) is 5.32 Å². The number of fused-ring (bicyclic) bond motifs is 1. The predicted octanol–water partition coefficient (Wildman–Crippen LogP) is 6.72. The van der Waals surface area contributed by atoms with Crippen molar-refractivity contribution in [1.82, 2.24) is 20.3 Å². The Bertz CT molecular complexity index is 1540. The van der Waals surface area contributed by atoms with E-state index in [2.05, 4.69) is 52.4 Å². The van der Waals surface area contributed by atoms with Crippen LogP contribution in [-0.4, -0.2) is 20.9 Å². The van der Waals surface area contributed by atoms with Crippen LogP contribution in [0.25, 0.3) is 11.0 Å². The number of aromatic amines is 1. The molecule has 0 spiro atoms. The molecule has 0 radical (unpaired) electrons. The number of carbonyl (C=O) groups excluding carboxylic acids is 1. The Labute approximate surface area is 215 Å². The van der Waals surface area contributed by atoms with Gasteiger partial charge in [0.05, 0.1) is 11.0 Å². The smallest absolute Gasteiger partial charge is 0.251 e. The number of hydrogen-bond donors (Lipinski definition) is 3. The second-order valence-corrected chi connectivity index (χ2v) is 9.81. The van der Waals surface area contributed by atoms with E-state index in [9.17, 15) is 4.79 Å². The highest BCUT2D eigenvalue weighted by atomic mass is 16.5. The summed E-state index contributed by atoms with van der Waals surface area (Å²) in [6, 6.07) is 26.9. The van der Waals surface area contributed by atoms with E-state index in [-0.39, 0.29) is 11.3 Å². The van der Waals surface area contributed by atoms with E-state index in [1.165, 1.54) is 0 Å². The molecule has 0 aliphatic carbocycles. The van der Waals surface area contributed by atoms with Crippen molar-refractivity contribution < 1.29 is 9.53 Å². The normalized spacial score (nSPS) is 11.3. The van der Waals surface area contributed by atoms with Crippen molar-refractivity contribution in [3.8, 4) is 11.6 Å². The molecular formula is C30H29N5O2. The third-order valence-electron chi connectivity index (χ3n) is 5.97. The molecule has 2 aromatic heterocycles. The van der Waals surface area contributed by atoms with Crippen LogP contribution in [-0.2, 0) is 12.0 Å². The maximum Gasteiger partial charge on any atom is 0.251 e. The van der Waals surface area contributed by atoms with Gasteiger partial charge < -0.3 is 20.4 Å². The molecule has 1 amide bonds. The average molecular weight is 492 g/mol. The molecule has 5 aromatic rings. The molecule has 0 saturated heterocycles. The highest BCUT2D eigenvalue weighted by Crippen LogP contribution is 2.36. The number of para-hydroxylation sites is 1. The fourth-order valence-corrected chi connectivity index (χ4v) is 4.06. The van der Waals surface area contributed by atoms with Crippen LogP contribution in [0.15, 0.2) is 91.1 Å². The van der Waals surface area contributed by atoms with E-state index < -0.39 is 0 Å². The number of ether oxygens (including phenoxy) is 1. The number of hydrogen-bond acceptors (Lipinski definition) is 5. The molecule has 0 bridgehead atoms. The van der Waals surface area contributed by atoms with Crippen LogP contribution >= 0.6 is 0 Å². The fourth-order valence-electron chi connectivity index (χ4n) is 4.06. The quantitative estimate of drug-likeness (QED) is 0.235. The molecule has 0 atom stereocenters. The van der Waals surface area contributed by atoms with Gasteiger partial charge in [-0.2, -0.15) is 0 Å². The lowest BCUT2D eigenvalue weighted by atomic mass is 9.86. The Hall–Kier alpha value is -4.65. The molecule has 0 fully saturated rings. The average Bonchev–Trinajstić information content (AvgIpc) is 3.30. The molecule has 0 aliphatic rings. The molecule has 0 saturated carbocycles. The van der Waals surface area contributed by atoms with Crippen LogP contribution in [0.1, 0.15) is 42.3 Å². The minimum atomic E-state index is -0.143. The molecule has 7 nitrogen and oxygen atoms in total. The standard InChI is InChI=1S/C30H29N5O2/c1-30(2,3)22-12-7-8-14-26(22)37-28-24(13-9-17-31-28)34-29-33-23-16-15-21(18-25(23)35-29)27(36)32-19-20-10-5-4-6-11-20/h4-18H,19H2,1-3H3,(H,32,36)(H2,33,34,35). The molecule has 186 valence electrons. The molecule has 3 N–H and O–H groups in total. The largest absolute Gasteiger partial charge is 0.437 e. The van der Waals surface area contributed by atoms with Crippen LogP contribution in [0.2, 0.25) is 0 Å². The van der Waals surface area contributed by atoms with Gasteiger partial charge in [0.15, 0.2) is 0 Å². The number of imidazole rings is 1. The number of pyridine rings is 1. The lowest BCUT2D eigenvalue weighted by molar-refractivity contribution is 0.0951. The van der Waals surface area contributed by atoms with Gasteiger partial charge in [0.25, 0.3) is 5.91 Å². The first kappa shape index (κ1) is 24.1. The van der Waals surface area contributed by atoms with Gasteiger partial charge in [-0.05, 0) is 47.4 Å².